The van der Waals surface area contributed by atoms with E-state index >= 15 is 0 Å². The molecule has 0 atom stereocenters. The molecule has 0 spiro atoms. The third-order valence-corrected chi connectivity index (χ3v) is 6.85. The normalized spacial score (nSPS) is 13.4. The fourth-order valence-corrected chi connectivity index (χ4v) is 4.86. The summed E-state index contributed by atoms with van der Waals surface area (Å²) in [5.74, 6) is 3.88. The van der Waals surface area contributed by atoms with E-state index in [2.05, 4.69) is 21.4 Å². The van der Waals surface area contributed by atoms with Gasteiger partial charge in [0.1, 0.15) is 11.6 Å². The minimum atomic E-state index is -0.0343. The molecule has 1 aliphatic heterocycles. The maximum absolute atomic E-state index is 12.6. The van der Waals surface area contributed by atoms with Crippen LogP contribution in [0.5, 0.6) is 0 Å². The number of hydrogen-bond donors (Lipinski definition) is 2. The summed E-state index contributed by atoms with van der Waals surface area (Å²) in [4.78, 5) is 22.3. The first kappa shape index (κ1) is 22.8. The van der Waals surface area contributed by atoms with Gasteiger partial charge in [0.05, 0.1) is 30.1 Å². The quantitative estimate of drug-likeness (QED) is 0.387. The molecule has 3 heterocycles. The highest BCUT2D eigenvalue weighted by Gasteiger charge is 2.21. The van der Waals surface area contributed by atoms with Crippen molar-refractivity contribution in [3.63, 3.8) is 0 Å². The average Bonchev–Trinajstić information content (AvgIpc) is 3.58. The van der Waals surface area contributed by atoms with E-state index in [1.54, 1.807) is 6.07 Å². The van der Waals surface area contributed by atoms with Crippen molar-refractivity contribution in [3.8, 4) is 17.4 Å². The molecule has 0 saturated carbocycles. The molecule has 1 fully saturated rings. The second kappa shape index (κ2) is 10.5. The lowest BCUT2D eigenvalue weighted by atomic mass is 10.1. The van der Waals surface area contributed by atoms with Crippen molar-refractivity contribution < 1.29 is 9.21 Å². The van der Waals surface area contributed by atoms with Crippen molar-refractivity contribution in [2.24, 2.45) is 0 Å². The van der Waals surface area contributed by atoms with Gasteiger partial charge in [-0.1, -0.05) is 12.1 Å². The maximum Gasteiger partial charge on any atom is 0.289 e. The summed E-state index contributed by atoms with van der Waals surface area (Å²) < 4.78 is 5.87. The zero-order valence-electron chi connectivity index (χ0n) is 19.2. The number of thioether (sulfide) groups is 1. The summed E-state index contributed by atoms with van der Waals surface area (Å²) in [5.41, 5.74) is 4.65. The lowest BCUT2D eigenvalue weighted by Crippen LogP contribution is -2.37. The molecule has 1 saturated heterocycles. The standard InChI is InChI=1S/C27H25N5O2S/c28-16-20-3-1-19(2-4-20)15-26-30-18-23(31-26)17-29-22-7-5-21(6-8-22)24-9-10-25(34-24)27(33)32-11-13-35-14-12-32/h1-10,18,29H,11-15,17H2,(H,30,31). The Morgan fingerprint density at radius 3 is 2.60 bits per heavy atom. The highest BCUT2D eigenvalue weighted by Crippen LogP contribution is 2.25. The van der Waals surface area contributed by atoms with E-state index in [-0.39, 0.29) is 5.91 Å². The molecule has 0 radical (unpaired) electrons. The van der Waals surface area contributed by atoms with E-state index in [9.17, 15) is 4.79 Å². The molecule has 0 bridgehead atoms. The summed E-state index contributed by atoms with van der Waals surface area (Å²) in [6.45, 7) is 2.16. The molecule has 5 rings (SSSR count). The van der Waals surface area contributed by atoms with Gasteiger partial charge in [0.25, 0.3) is 5.91 Å². The smallest absolute Gasteiger partial charge is 0.289 e. The second-order valence-corrected chi connectivity index (χ2v) is 9.56. The lowest BCUT2D eigenvalue weighted by Gasteiger charge is -2.25. The zero-order chi connectivity index (χ0) is 24.0. The molecule has 35 heavy (non-hydrogen) atoms. The van der Waals surface area contributed by atoms with Gasteiger partial charge in [-0.25, -0.2) is 4.98 Å². The van der Waals surface area contributed by atoms with Crippen LogP contribution >= 0.6 is 11.8 Å². The Morgan fingerprint density at radius 2 is 1.86 bits per heavy atom. The fourth-order valence-electron chi connectivity index (χ4n) is 3.96. The third kappa shape index (κ3) is 5.58. The molecule has 8 heteroatoms. The van der Waals surface area contributed by atoms with Crippen molar-refractivity contribution in [2.45, 2.75) is 13.0 Å². The van der Waals surface area contributed by atoms with Crippen LogP contribution in [0.25, 0.3) is 11.3 Å². The predicted molar refractivity (Wildman–Crippen MR) is 137 cm³/mol. The van der Waals surface area contributed by atoms with E-state index in [0.717, 1.165) is 52.9 Å². The topological polar surface area (TPSA) is 97.9 Å². The van der Waals surface area contributed by atoms with E-state index in [1.807, 2.05) is 77.5 Å². The largest absolute Gasteiger partial charge is 0.451 e. The van der Waals surface area contributed by atoms with Crippen molar-refractivity contribution in [1.29, 1.82) is 5.26 Å². The van der Waals surface area contributed by atoms with Gasteiger partial charge in [0.15, 0.2) is 5.76 Å². The minimum Gasteiger partial charge on any atom is -0.451 e. The molecule has 0 unspecified atom stereocenters. The Labute approximate surface area is 208 Å². The number of benzene rings is 2. The lowest BCUT2D eigenvalue weighted by molar-refractivity contribution is 0.0741. The molecular formula is C27H25N5O2S. The Kier molecular flexibility index (Phi) is 6.87. The number of carbonyl (C=O) groups excluding carboxylic acids is 1. The number of nitrogens with one attached hydrogen (secondary N) is 2. The van der Waals surface area contributed by atoms with Gasteiger partial charge in [-0.3, -0.25) is 4.79 Å². The van der Waals surface area contributed by atoms with Gasteiger partial charge in [0, 0.05) is 42.3 Å². The van der Waals surface area contributed by atoms with E-state index in [1.165, 1.54) is 0 Å². The molecule has 1 aliphatic rings. The van der Waals surface area contributed by atoms with Crippen LogP contribution < -0.4 is 5.32 Å². The van der Waals surface area contributed by atoms with Crippen LogP contribution in [0.2, 0.25) is 0 Å². The molecule has 4 aromatic rings. The van der Waals surface area contributed by atoms with E-state index < -0.39 is 0 Å². The van der Waals surface area contributed by atoms with Crippen LogP contribution in [0.1, 0.15) is 33.2 Å². The van der Waals surface area contributed by atoms with Crippen molar-refractivity contribution >= 4 is 23.4 Å². The first-order chi connectivity index (χ1) is 17.2. The SMILES string of the molecule is N#Cc1ccc(Cc2ncc(CNc3ccc(-c4ccc(C(=O)N5CCSCC5)o4)cc3)[nH]2)cc1. The molecule has 2 N–H and O–H groups in total. The minimum absolute atomic E-state index is 0.0343. The summed E-state index contributed by atoms with van der Waals surface area (Å²) >= 11 is 1.87. The summed E-state index contributed by atoms with van der Waals surface area (Å²) in [6.07, 6.45) is 2.52. The summed E-state index contributed by atoms with van der Waals surface area (Å²) in [7, 11) is 0. The first-order valence-corrected chi connectivity index (χ1v) is 12.7. The molecule has 2 aromatic carbocycles. The first-order valence-electron chi connectivity index (χ1n) is 11.5. The number of H-pyrrole nitrogens is 1. The number of aromatic nitrogens is 2. The van der Waals surface area contributed by atoms with Gasteiger partial charge in [-0.15, -0.1) is 0 Å². The van der Waals surface area contributed by atoms with Gasteiger partial charge < -0.3 is 19.6 Å². The maximum atomic E-state index is 12.6. The van der Waals surface area contributed by atoms with Gasteiger partial charge in [0.2, 0.25) is 0 Å². The molecule has 176 valence electrons. The second-order valence-electron chi connectivity index (χ2n) is 8.34. The third-order valence-electron chi connectivity index (χ3n) is 5.90. The molecule has 7 nitrogen and oxygen atoms in total. The monoisotopic (exact) mass is 483 g/mol. The summed E-state index contributed by atoms with van der Waals surface area (Å²) in [5, 5.41) is 12.3. The molecule has 2 aromatic heterocycles. The number of hydrogen-bond acceptors (Lipinski definition) is 6. The van der Waals surface area contributed by atoms with Crippen molar-refractivity contribution in [2.75, 3.05) is 29.9 Å². The number of rotatable bonds is 7. The Hall–Kier alpha value is -3.96. The van der Waals surface area contributed by atoms with Crippen LogP contribution in [0, 0.1) is 11.3 Å². The number of nitrogens with zero attached hydrogens (tertiary/aromatic N) is 3. The molecule has 1 amide bonds. The molecule has 0 aliphatic carbocycles. The summed E-state index contributed by atoms with van der Waals surface area (Å²) in [6, 6.07) is 21.2. The van der Waals surface area contributed by atoms with Gasteiger partial charge in [-0.05, 0) is 54.1 Å². The van der Waals surface area contributed by atoms with Gasteiger partial charge in [-0.2, -0.15) is 17.0 Å². The van der Waals surface area contributed by atoms with Crippen LogP contribution in [-0.4, -0.2) is 45.4 Å². The Morgan fingerprint density at radius 1 is 1.09 bits per heavy atom. The van der Waals surface area contributed by atoms with E-state index in [0.29, 0.717) is 30.0 Å². The van der Waals surface area contributed by atoms with Crippen LogP contribution in [0.3, 0.4) is 0 Å². The number of anilines is 1. The zero-order valence-corrected chi connectivity index (χ0v) is 20.0. The number of nitriles is 1. The van der Waals surface area contributed by atoms with Gasteiger partial charge >= 0.3 is 0 Å². The average molecular weight is 484 g/mol. The molecular weight excluding hydrogens is 458 g/mol. The number of amides is 1. The highest BCUT2D eigenvalue weighted by molar-refractivity contribution is 7.99. The highest BCUT2D eigenvalue weighted by atomic mass is 32.2. The number of aromatic amines is 1. The number of carbonyl (C=O) groups is 1. The number of furan rings is 1. The fraction of sp³-hybridized carbons (Fsp3) is 0.222. The van der Waals surface area contributed by atoms with Crippen molar-refractivity contribution in [1.82, 2.24) is 14.9 Å². The number of imidazole rings is 1. The Balaban J connectivity index is 1.16. The van der Waals surface area contributed by atoms with E-state index in [4.69, 9.17) is 9.68 Å². The predicted octanol–water partition coefficient (Wildman–Crippen LogP) is 4.93. The van der Waals surface area contributed by atoms with Crippen LogP contribution in [0.15, 0.2) is 71.3 Å². The van der Waals surface area contributed by atoms with Crippen molar-refractivity contribution in [3.05, 3.63) is 95.3 Å². The van der Waals surface area contributed by atoms with Crippen LogP contribution in [0.4, 0.5) is 5.69 Å². The Bertz CT molecular complexity index is 1330. The van der Waals surface area contributed by atoms with Crippen LogP contribution in [-0.2, 0) is 13.0 Å².